The van der Waals surface area contributed by atoms with Gasteiger partial charge in [0.25, 0.3) is 0 Å². The zero-order valence-electron chi connectivity index (χ0n) is 9.34. The molecule has 1 aromatic heterocycles. The summed E-state index contributed by atoms with van der Waals surface area (Å²) in [6.07, 6.45) is 0.902. The Hall–Kier alpha value is -0.660. The molecule has 1 heterocycles. The van der Waals surface area contributed by atoms with Gasteiger partial charge in [-0.2, -0.15) is 0 Å². The highest BCUT2D eigenvalue weighted by molar-refractivity contribution is 6.34. The van der Waals surface area contributed by atoms with E-state index in [0.29, 0.717) is 10.9 Å². The maximum Gasteiger partial charge on any atom is 0.152 e. The van der Waals surface area contributed by atoms with Crippen molar-refractivity contribution in [3.63, 3.8) is 0 Å². The molecule has 2 aromatic rings. The second kappa shape index (κ2) is 4.68. The van der Waals surface area contributed by atoms with E-state index in [2.05, 4.69) is 6.92 Å². The molecule has 2 unspecified atom stereocenters. The third kappa shape index (κ3) is 2.36. The highest BCUT2D eigenvalue weighted by Crippen LogP contribution is 2.32. The molecular formula is C13H14Cl2O. The standard InChI is InChI=1S/C13H14Cl2O/c1-8(6-9(2)14)12-7-10-4-3-5-11(15)13(10)16-12/h3-5,7-9H,6H2,1-2H3. The predicted octanol–water partition coefficient (Wildman–Crippen LogP) is 5.21. The fourth-order valence-electron chi connectivity index (χ4n) is 1.89. The lowest BCUT2D eigenvalue weighted by atomic mass is 10.0. The molecule has 0 aliphatic rings. The SMILES string of the molecule is CC(Cl)CC(C)c1cc2cccc(Cl)c2o1. The number of furan rings is 1. The molecule has 0 amide bonds. The molecule has 86 valence electrons. The summed E-state index contributed by atoms with van der Waals surface area (Å²) in [6, 6.07) is 7.82. The molecule has 2 rings (SSSR count). The third-order valence-corrected chi connectivity index (χ3v) is 3.15. The minimum atomic E-state index is 0.152. The van der Waals surface area contributed by atoms with Crippen LogP contribution in [0, 0.1) is 0 Å². The predicted molar refractivity (Wildman–Crippen MR) is 69.6 cm³/mol. The van der Waals surface area contributed by atoms with Gasteiger partial charge in [-0.05, 0) is 25.5 Å². The first-order chi connectivity index (χ1) is 7.58. The van der Waals surface area contributed by atoms with Crippen LogP contribution in [0.1, 0.15) is 31.9 Å². The van der Waals surface area contributed by atoms with Crippen molar-refractivity contribution in [2.75, 3.05) is 0 Å². The monoisotopic (exact) mass is 256 g/mol. The van der Waals surface area contributed by atoms with Crippen LogP contribution in [0.15, 0.2) is 28.7 Å². The average Bonchev–Trinajstić information content (AvgIpc) is 2.61. The van der Waals surface area contributed by atoms with Crippen LogP contribution in [0.25, 0.3) is 11.0 Å². The molecule has 0 aliphatic carbocycles. The number of hydrogen-bond donors (Lipinski definition) is 0. The normalized spacial score (nSPS) is 15.2. The summed E-state index contributed by atoms with van der Waals surface area (Å²) in [6.45, 7) is 4.11. The van der Waals surface area contributed by atoms with Crippen molar-refractivity contribution in [2.24, 2.45) is 0 Å². The lowest BCUT2D eigenvalue weighted by molar-refractivity contribution is 0.488. The van der Waals surface area contributed by atoms with Gasteiger partial charge in [0.05, 0.1) is 5.02 Å². The van der Waals surface area contributed by atoms with Crippen molar-refractivity contribution in [2.45, 2.75) is 31.6 Å². The van der Waals surface area contributed by atoms with Gasteiger partial charge < -0.3 is 4.42 Å². The molecule has 0 aliphatic heterocycles. The molecule has 0 fully saturated rings. The molecule has 0 spiro atoms. The van der Waals surface area contributed by atoms with Gasteiger partial charge in [0, 0.05) is 16.7 Å². The summed E-state index contributed by atoms with van der Waals surface area (Å²) in [4.78, 5) is 0. The summed E-state index contributed by atoms with van der Waals surface area (Å²) >= 11 is 12.0. The van der Waals surface area contributed by atoms with Crippen LogP contribution in [0.2, 0.25) is 5.02 Å². The van der Waals surface area contributed by atoms with Crippen LogP contribution in [0.5, 0.6) is 0 Å². The van der Waals surface area contributed by atoms with Crippen molar-refractivity contribution in [1.82, 2.24) is 0 Å². The van der Waals surface area contributed by atoms with E-state index in [1.54, 1.807) is 0 Å². The summed E-state index contributed by atoms with van der Waals surface area (Å²) in [5, 5.41) is 1.87. The Kier molecular flexibility index (Phi) is 3.46. The zero-order valence-corrected chi connectivity index (χ0v) is 10.8. The molecule has 0 N–H and O–H groups in total. The smallest absolute Gasteiger partial charge is 0.152 e. The van der Waals surface area contributed by atoms with Gasteiger partial charge in [0.15, 0.2) is 5.58 Å². The molecule has 2 atom stereocenters. The number of benzene rings is 1. The fourth-order valence-corrected chi connectivity index (χ4v) is 2.38. The van der Waals surface area contributed by atoms with Gasteiger partial charge in [-0.3, -0.25) is 0 Å². The first-order valence-electron chi connectivity index (χ1n) is 5.40. The second-order valence-electron chi connectivity index (χ2n) is 4.22. The number of alkyl halides is 1. The zero-order chi connectivity index (χ0) is 11.7. The molecule has 0 saturated carbocycles. The maximum atomic E-state index is 6.06. The number of hydrogen-bond acceptors (Lipinski definition) is 1. The van der Waals surface area contributed by atoms with E-state index in [1.165, 1.54) is 0 Å². The van der Waals surface area contributed by atoms with Gasteiger partial charge in [-0.1, -0.05) is 30.7 Å². The van der Waals surface area contributed by atoms with Crippen LogP contribution < -0.4 is 0 Å². The van der Waals surface area contributed by atoms with E-state index in [1.807, 2.05) is 31.2 Å². The molecule has 16 heavy (non-hydrogen) atoms. The lowest BCUT2D eigenvalue weighted by Crippen LogP contribution is -1.99. The Bertz CT molecular complexity index is 488. The van der Waals surface area contributed by atoms with Crippen LogP contribution in [-0.4, -0.2) is 5.38 Å². The molecule has 0 saturated heterocycles. The van der Waals surface area contributed by atoms with Gasteiger partial charge in [-0.25, -0.2) is 0 Å². The Morgan fingerprint density at radius 2 is 2.06 bits per heavy atom. The fraction of sp³-hybridized carbons (Fsp3) is 0.385. The Labute approximate surface area is 105 Å². The second-order valence-corrected chi connectivity index (χ2v) is 5.38. The van der Waals surface area contributed by atoms with Crippen LogP contribution in [0.4, 0.5) is 0 Å². The number of rotatable bonds is 3. The largest absolute Gasteiger partial charge is 0.459 e. The topological polar surface area (TPSA) is 13.1 Å². The first-order valence-corrected chi connectivity index (χ1v) is 6.21. The summed E-state index contributed by atoms with van der Waals surface area (Å²) in [5.74, 6) is 1.27. The van der Waals surface area contributed by atoms with E-state index >= 15 is 0 Å². The van der Waals surface area contributed by atoms with Crippen LogP contribution in [0.3, 0.4) is 0 Å². The van der Waals surface area contributed by atoms with E-state index < -0.39 is 0 Å². The van der Waals surface area contributed by atoms with Gasteiger partial charge >= 0.3 is 0 Å². The van der Waals surface area contributed by atoms with Crippen molar-refractivity contribution >= 4 is 34.2 Å². The molecule has 1 aromatic carbocycles. The van der Waals surface area contributed by atoms with Crippen molar-refractivity contribution in [1.29, 1.82) is 0 Å². The number of halogens is 2. The Balaban J connectivity index is 2.36. The lowest BCUT2D eigenvalue weighted by Gasteiger charge is -2.09. The quantitative estimate of drug-likeness (QED) is 0.688. The molecule has 1 nitrogen and oxygen atoms in total. The van der Waals surface area contributed by atoms with Gasteiger partial charge in [-0.15, -0.1) is 11.6 Å². The summed E-state index contributed by atoms with van der Waals surface area (Å²) < 4.78 is 5.77. The first kappa shape index (κ1) is 11.8. The van der Waals surface area contributed by atoms with E-state index in [0.717, 1.165) is 23.2 Å². The highest BCUT2D eigenvalue weighted by atomic mass is 35.5. The third-order valence-electron chi connectivity index (χ3n) is 2.68. The average molecular weight is 257 g/mol. The van der Waals surface area contributed by atoms with E-state index in [9.17, 15) is 0 Å². The summed E-state index contributed by atoms with van der Waals surface area (Å²) in [7, 11) is 0. The minimum Gasteiger partial charge on any atom is -0.459 e. The summed E-state index contributed by atoms with van der Waals surface area (Å²) in [5.41, 5.74) is 0.772. The molecular weight excluding hydrogens is 243 g/mol. The Morgan fingerprint density at radius 1 is 1.31 bits per heavy atom. The van der Waals surface area contributed by atoms with Crippen molar-refractivity contribution in [3.8, 4) is 0 Å². The van der Waals surface area contributed by atoms with E-state index in [-0.39, 0.29) is 5.38 Å². The number of para-hydroxylation sites is 1. The van der Waals surface area contributed by atoms with Gasteiger partial charge in [0.1, 0.15) is 5.76 Å². The van der Waals surface area contributed by atoms with Crippen LogP contribution in [-0.2, 0) is 0 Å². The number of fused-ring (bicyclic) bond motifs is 1. The molecule has 0 bridgehead atoms. The highest BCUT2D eigenvalue weighted by Gasteiger charge is 2.14. The Morgan fingerprint density at radius 3 is 2.69 bits per heavy atom. The minimum absolute atomic E-state index is 0.152. The van der Waals surface area contributed by atoms with Crippen molar-refractivity contribution < 1.29 is 4.42 Å². The van der Waals surface area contributed by atoms with Gasteiger partial charge in [0.2, 0.25) is 0 Å². The van der Waals surface area contributed by atoms with E-state index in [4.69, 9.17) is 27.6 Å². The maximum absolute atomic E-state index is 6.06. The molecule has 3 heteroatoms. The van der Waals surface area contributed by atoms with Crippen LogP contribution >= 0.6 is 23.2 Å². The molecule has 0 radical (unpaired) electrons. The van der Waals surface area contributed by atoms with Crippen molar-refractivity contribution in [3.05, 3.63) is 35.0 Å².